The smallest absolute Gasteiger partial charge is 0.287 e. The van der Waals surface area contributed by atoms with Crippen molar-refractivity contribution in [1.82, 2.24) is 10.3 Å². The minimum Gasteiger partial charge on any atom is -0.451 e. The lowest BCUT2D eigenvalue weighted by molar-refractivity contribution is 0.0913. The third kappa shape index (κ3) is 2.57. The number of nitrogens with one attached hydrogen (secondary N) is 1. The molecule has 0 aliphatic heterocycles. The quantitative estimate of drug-likeness (QED) is 0.801. The van der Waals surface area contributed by atoms with E-state index in [9.17, 15) is 9.18 Å². The van der Waals surface area contributed by atoms with Gasteiger partial charge in [0.15, 0.2) is 5.76 Å². The molecule has 0 saturated heterocycles. The molecule has 22 heavy (non-hydrogen) atoms. The first kappa shape index (κ1) is 14.3. The SMILES string of the molecule is Cc1c(C(=O)NC(C)c2ccncc2)oc2ccc(F)cc12. The number of nitrogens with zero attached hydrogens (tertiary/aromatic N) is 1. The van der Waals surface area contributed by atoms with Crippen LogP contribution in [0.2, 0.25) is 0 Å². The number of carbonyl (C=O) groups excluding carboxylic acids is 1. The number of fused-ring (bicyclic) bond motifs is 1. The van der Waals surface area contributed by atoms with Gasteiger partial charge in [-0.3, -0.25) is 9.78 Å². The van der Waals surface area contributed by atoms with Crippen molar-refractivity contribution in [3.8, 4) is 0 Å². The molecule has 112 valence electrons. The van der Waals surface area contributed by atoms with Gasteiger partial charge in [-0.1, -0.05) is 0 Å². The van der Waals surface area contributed by atoms with Crippen molar-refractivity contribution in [2.75, 3.05) is 0 Å². The number of halogens is 1. The number of pyridine rings is 1. The first-order valence-electron chi connectivity index (χ1n) is 6.95. The van der Waals surface area contributed by atoms with Gasteiger partial charge >= 0.3 is 0 Å². The van der Waals surface area contributed by atoms with E-state index in [-0.39, 0.29) is 23.5 Å². The van der Waals surface area contributed by atoms with E-state index < -0.39 is 0 Å². The summed E-state index contributed by atoms with van der Waals surface area (Å²) in [6.07, 6.45) is 3.35. The molecular formula is C17H15FN2O2. The first-order valence-corrected chi connectivity index (χ1v) is 6.95. The van der Waals surface area contributed by atoms with Gasteiger partial charge in [0.05, 0.1) is 6.04 Å². The summed E-state index contributed by atoms with van der Waals surface area (Å²) in [5.74, 6) is -0.464. The summed E-state index contributed by atoms with van der Waals surface area (Å²) in [5.41, 5.74) is 2.08. The number of hydrogen-bond donors (Lipinski definition) is 1. The van der Waals surface area contributed by atoms with Crippen LogP contribution in [0.1, 0.15) is 34.6 Å². The maximum absolute atomic E-state index is 13.3. The maximum atomic E-state index is 13.3. The molecule has 1 atom stereocenters. The summed E-state index contributed by atoms with van der Waals surface area (Å²) in [5, 5.41) is 3.49. The Morgan fingerprint density at radius 3 is 2.73 bits per heavy atom. The second kappa shape index (κ2) is 5.60. The fourth-order valence-corrected chi connectivity index (χ4v) is 2.41. The molecule has 1 unspecified atom stereocenters. The number of furan rings is 1. The van der Waals surface area contributed by atoms with E-state index in [1.54, 1.807) is 19.3 Å². The zero-order chi connectivity index (χ0) is 15.7. The Balaban J connectivity index is 1.88. The van der Waals surface area contributed by atoms with Crippen LogP contribution in [0.15, 0.2) is 47.1 Å². The number of amides is 1. The lowest BCUT2D eigenvalue weighted by atomic mass is 10.1. The average Bonchev–Trinajstić information content (AvgIpc) is 2.85. The fourth-order valence-electron chi connectivity index (χ4n) is 2.41. The normalized spacial score (nSPS) is 12.3. The number of rotatable bonds is 3. The van der Waals surface area contributed by atoms with Gasteiger partial charge in [0.2, 0.25) is 0 Å². The van der Waals surface area contributed by atoms with Crippen LogP contribution in [-0.2, 0) is 0 Å². The molecule has 0 aliphatic carbocycles. The summed E-state index contributed by atoms with van der Waals surface area (Å²) in [6, 6.07) is 7.71. The highest BCUT2D eigenvalue weighted by Crippen LogP contribution is 2.26. The Morgan fingerprint density at radius 1 is 1.27 bits per heavy atom. The molecule has 3 rings (SSSR count). The van der Waals surface area contributed by atoms with Crippen LogP contribution in [0, 0.1) is 12.7 Å². The van der Waals surface area contributed by atoms with Gasteiger partial charge in [-0.05, 0) is 49.7 Å². The average molecular weight is 298 g/mol. The molecule has 2 heterocycles. The van der Waals surface area contributed by atoms with Gasteiger partial charge in [-0.15, -0.1) is 0 Å². The molecule has 0 saturated carbocycles. The monoisotopic (exact) mass is 298 g/mol. The molecular weight excluding hydrogens is 283 g/mol. The maximum Gasteiger partial charge on any atom is 0.287 e. The van der Waals surface area contributed by atoms with E-state index in [4.69, 9.17) is 4.42 Å². The molecule has 0 spiro atoms. The van der Waals surface area contributed by atoms with Gasteiger partial charge < -0.3 is 9.73 Å². The Kier molecular flexibility index (Phi) is 3.63. The number of benzene rings is 1. The molecule has 4 nitrogen and oxygen atoms in total. The van der Waals surface area contributed by atoms with Crippen molar-refractivity contribution in [2.45, 2.75) is 19.9 Å². The van der Waals surface area contributed by atoms with Gasteiger partial charge in [-0.25, -0.2) is 4.39 Å². The third-order valence-electron chi connectivity index (χ3n) is 3.66. The molecule has 1 N–H and O–H groups in total. The van der Waals surface area contributed by atoms with E-state index in [0.29, 0.717) is 16.5 Å². The van der Waals surface area contributed by atoms with E-state index in [0.717, 1.165) is 5.56 Å². The van der Waals surface area contributed by atoms with Gasteiger partial charge in [-0.2, -0.15) is 0 Å². The number of hydrogen-bond acceptors (Lipinski definition) is 3. The predicted octanol–water partition coefficient (Wildman–Crippen LogP) is 3.77. The summed E-state index contributed by atoms with van der Waals surface area (Å²) in [4.78, 5) is 16.3. The second-order valence-corrected chi connectivity index (χ2v) is 5.17. The summed E-state index contributed by atoms with van der Waals surface area (Å²) in [7, 11) is 0. The van der Waals surface area contributed by atoms with Crippen LogP contribution in [0.25, 0.3) is 11.0 Å². The second-order valence-electron chi connectivity index (χ2n) is 5.17. The highest BCUT2D eigenvalue weighted by molar-refractivity contribution is 5.99. The van der Waals surface area contributed by atoms with Crippen molar-refractivity contribution in [3.63, 3.8) is 0 Å². The minimum absolute atomic E-state index is 0.181. The Morgan fingerprint density at radius 2 is 2.00 bits per heavy atom. The molecule has 3 aromatic rings. The highest BCUT2D eigenvalue weighted by atomic mass is 19.1. The zero-order valence-electron chi connectivity index (χ0n) is 12.3. The summed E-state index contributed by atoms with van der Waals surface area (Å²) >= 11 is 0. The fraction of sp³-hybridized carbons (Fsp3) is 0.176. The van der Waals surface area contributed by atoms with Crippen molar-refractivity contribution >= 4 is 16.9 Å². The van der Waals surface area contributed by atoms with Crippen LogP contribution in [0.5, 0.6) is 0 Å². The highest BCUT2D eigenvalue weighted by Gasteiger charge is 2.20. The third-order valence-corrected chi connectivity index (χ3v) is 3.66. The van der Waals surface area contributed by atoms with Gasteiger partial charge in [0.25, 0.3) is 5.91 Å². The van der Waals surface area contributed by atoms with Gasteiger partial charge in [0.1, 0.15) is 11.4 Å². The minimum atomic E-state index is -0.353. The van der Waals surface area contributed by atoms with Crippen molar-refractivity contribution < 1.29 is 13.6 Å². The first-order chi connectivity index (χ1) is 10.6. The lowest BCUT2D eigenvalue weighted by Gasteiger charge is -2.13. The van der Waals surface area contributed by atoms with Crippen LogP contribution in [0.3, 0.4) is 0 Å². The van der Waals surface area contributed by atoms with Crippen LogP contribution >= 0.6 is 0 Å². The molecule has 5 heteroatoms. The number of aryl methyl sites for hydroxylation is 1. The van der Waals surface area contributed by atoms with Crippen LogP contribution < -0.4 is 5.32 Å². The predicted molar refractivity (Wildman–Crippen MR) is 81.0 cm³/mol. The Hall–Kier alpha value is -2.69. The van der Waals surface area contributed by atoms with E-state index in [2.05, 4.69) is 10.3 Å². The lowest BCUT2D eigenvalue weighted by Crippen LogP contribution is -2.26. The molecule has 0 fully saturated rings. The van der Waals surface area contributed by atoms with Gasteiger partial charge in [0, 0.05) is 23.3 Å². The molecule has 1 amide bonds. The number of carbonyl (C=O) groups is 1. The standard InChI is InChI=1S/C17H15FN2O2/c1-10-14-9-13(18)3-4-15(14)22-16(10)17(21)20-11(2)12-5-7-19-8-6-12/h3-9,11H,1-2H3,(H,20,21). The molecule has 0 aliphatic rings. The van der Waals surface area contributed by atoms with E-state index >= 15 is 0 Å². The zero-order valence-corrected chi connectivity index (χ0v) is 12.3. The Labute approximate surface area is 127 Å². The largest absolute Gasteiger partial charge is 0.451 e. The van der Waals surface area contributed by atoms with Crippen molar-refractivity contribution in [3.05, 3.63) is 65.4 Å². The van der Waals surface area contributed by atoms with Crippen molar-refractivity contribution in [1.29, 1.82) is 0 Å². The summed E-state index contributed by atoms with van der Waals surface area (Å²) < 4.78 is 18.9. The van der Waals surface area contributed by atoms with E-state index in [1.807, 2.05) is 19.1 Å². The van der Waals surface area contributed by atoms with Crippen LogP contribution in [-0.4, -0.2) is 10.9 Å². The summed E-state index contributed by atoms with van der Waals surface area (Å²) in [6.45, 7) is 3.63. The van der Waals surface area contributed by atoms with Crippen molar-refractivity contribution in [2.24, 2.45) is 0 Å². The number of aromatic nitrogens is 1. The topological polar surface area (TPSA) is 55.1 Å². The molecule has 1 aromatic carbocycles. The molecule has 2 aromatic heterocycles. The molecule has 0 radical (unpaired) electrons. The van der Waals surface area contributed by atoms with Crippen LogP contribution in [0.4, 0.5) is 4.39 Å². The Bertz CT molecular complexity index is 827. The molecule has 0 bridgehead atoms. The van der Waals surface area contributed by atoms with E-state index in [1.165, 1.54) is 18.2 Å².